The van der Waals surface area contributed by atoms with E-state index in [4.69, 9.17) is 5.11 Å². The molecule has 1 aliphatic rings. The summed E-state index contributed by atoms with van der Waals surface area (Å²) in [6.07, 6.45) is 2.65. The van der Waals surface area contributed by atoms with Gasteiger partial charge in [0, 0.05) is 13.5 Å². The van der Waals surface area contributed by atoms with Crippen molar-refractivity contribution in [3.05, 3.63) is 0 Å². The summed E-state index contributed by atoms with van der Waals surface area (Å²) in [6, 6.07) is 0. The second-order valence-corrected chi connectivity index (χ2v) is 3.27. The summed E-state index contributed by atoms with van der Waals surface area (Å²) < 4.78 is 0. The van der Waals surface area contributed by atoms with E-state index in [9.17, 15) is 4.79 Å². The number of hydrogen-bond donors (Lipinski definition) is 2. The van der Waals surface area contributed by atoms with E-state index in [1.165, 1.54) is 6.92 Å². The van der Waals surface area contributed by atoms with Gasteiger partial charge in [-0.3, -0.25) is 4.79 Å². The average Bonchev–Trinajstić information content (AvgIpc) is 2.31. The maximum atomic E-state index is 10.5. The van der Waals surface area contributed by atoms with Crippen molar-refractivity contribution in [3.63, 3.8) is 0 Å². The number of aliphatic hydroxyl groups is 1. The predicted octanol–water partition coefficient (Wildman–Crippen LogP) is 0.283. The third-order valence-corrected chi connectivity index (χ3v) is 2.15. The second kappa shape index (κ2) is 3.72. The van der Waals surface area contributed by atoms with Gasteiger partial charge in [-0.05, 0) is 25.2 Å². The first kappa shape index (κ1) is 8.53. The van der Waals surface area contributed by atoms with E-state index in [-0.39, 0.29) is 12.0 Å². The van der Waals surface area contributed by atoms with Gasteiger partial charge in [0.05, 0.1) is 6.10 Å². The molecule has 2 atom stereocenters. The fraction of sp³-hybridized carbons (Fsp3) is 0.875. The average molecular weight is 157 g/mol. The molecule has 2 N–H and O–H groups in total. The van der Waals surface area contributed by atoms with Gasteiger partial charge in [0.15, 0.2) is 0 Å². The number of rotatable bonds is 2. The van der Waals surface area contributed by atoms with Gasteiger partial charge in [-0.1, -0.05) is 0 Å². The molecule has 1 saturated carbocycles. The molecule has 0 spiro atoms. The lowest BCUT2D eigenvalue weighted by Crippen LogP contribution is -2.26. The van der Waals surface area contributed by atoms with Crippen LogP contribution in [0.4, 0.5) is 0 Å². The van der Waals surface area contributed by atoms with Gasteiger partial charge in [0.1, 0.15) is 0 Å². The van der Waals surface area contributed by atoms with Crippen LogP contribution >= 0.6 is 0 Å². The van der Waals surface area contributed by atoms with Gasteiger partial charge in [-0.15, -0.1) is 0 Å². The Balaban J connectivity index is 2.13. The van der Waals surface area contributed by atoms with Crippen LogP contribution in [0.3, 0.4) is 0 Å². The van der Waals surface area contributed by atoms with Gasteiger partial charge >= 0.3 is 0 Å². The fourth-order valence-corrected chi connectivity index (χ4v) is 1.52. The maximum absolute atomic E-state index is 10.5. The van der Waals surface area contributed by atoms with E-state index in [1.807, 2.05) is 0 Å². The lowest BCUT2D eigenvalue weighted by Gasteiger charge is -2.08. The van der Waals surface area contributed by atoms with Crippen LogP contribution in [0.15, 0.2) is 0 Å². The molecule has 3 heteroatoms. The lowest BCUT2D eigenvalue weighted by atomic mass is 10.1. The topological polar surface area (TPSA) is 49.3 Å². The van der Waals surface area contributed by atoms with Crippen molar-refractivity contribution in [1.29, 1.82) is 0 Å². The van der Waals surface area contributed by atoms with Crippen molar-refractivity contribution < 1.29 is 9.90 Å². The molecule has 1 rings (SSSR count). The molecule has 1 aliphatic carbocycles. The van der Waals surface area contributed by atoms with Crippen LogP contribution in [0.25, 0.3) is 0 Å². The standard InChI is InChI=1S/C8H15NO2/c1-6(10)9-5-7-2-3-8(11)4-7/h7-8,11H,2-5H2,1H3,(H,9,10). The summed E-state index contributed by atoms with van der Waals surface area (Å²) in [5, 5.41) is 11.9. The summed E-state index contributed by atoms with van der Waals surface area (Å²) in [6.45, 7) is 2.25. The largest absolute Gasteiger partial charge is 0.393 e. The van der Waals surface area contributed by atoms with Crippen molar-refractivity contribution >= 4 is 5.91 Å². The molecule has 64 valence electrons. The number of hydrogen-bond acceptors (Lipinski definition) is 2. The Morgan fingerprint density at radius 1 is 1.64 bits per heavy atom. The van der Waals surface area contributed by atoms with Gasteiger partial charge in [-0.25, -0.2) is 0 Å². The minimum absolute atomic E-state index is 0.0198. The van der Waals surface area contributed by atoms with Crippen LogP contribution in [0.1, 0.15) is 26.2 Å². The van der Waals surface area contributed by atoms with E-state index in [0.717, 1.165) is 25.8 Å². The van der Waals surface area contributed by atoms with E-state index >= 15 is 0 Å². The van der Waals surface area contributed by atoms with Gasteiger partial charge < -0.3 is 10.4 Å². The van der Waals surface area contributed by atoms with E-state index in [0.29, 0.717) is 5.92 Å². The predicted molar refractivity (Wildman–Crippen MR) is 42.0 cm³/mol. The third kappa shape index (κ3) is 2.89. The van der Waals surface area contributed by atoms with Crippen LogP contribution in [-0.2, 0) is 4.79 Å². The maximum Gasteiger partial charge on any atom is 0.216 e. The first-order valence-corrected chi connectivity index (χ1v) is 4.11. The lowest BCUT2D eigenvalue weighted by molar-refractivity contribution is -0.119. The summed E-state index contributed by atoms with van der Waals surface area (Å²) in [5.74, 6) is 0.514. The zero-order chi connectivity index (χ0) is 8.27. The van der Waals surface area contributed by atoms with E-state index < -0.39 is 0 Å². The van der Waals surface area contributed by atoms with Crippen molar-refractivity contribution in [2.24, 2.45) is 5.92 Å². The molecule has 0 bridgehead atoms. The zero-order valence-electron chi connectivity index (χ0n) is 6.84. The van der Waals surface area contributed by atoms with Crippen LogP contribution in [0.5, 0.6) is 0 Å². The summed E-state index contributed by atoms with van der Waals surface area (Å²) in [4.78, 5) is 10.5. The van der Waals surface area contributed by atoms with Crippen LogP contribution in [-0.4, -0.2) is 23.7 Å². The Morgan fingerprint density at radius 3 is 2.82 bits per heavy atom. The summed E-state index contributed by atoms with van der Waals surface area (Å²) >= 11 is 0. The fourth-order valence-electron chi connectivity index (χ4n) is 1.52. The highest BCUT2D eigenvalue weighted by molar-refractivity contribution is 5.72. The third-order valence-electron chi connectivity index (χ3n) is 2.15. The molecule has 2 unspecified atom stereocenters. The van der Waals surface area contributed by atoms with E-state index in [2.05, 4.69) is 5.32 Å². The molecule has 11 heavy (non-hydrogen) atoms. The summed E-state index contributed by atoms with van der Waals surface area (Å²) in [7, 11) is 0. The Bertz CT molecular complexity index is 147. The monoisotopic (exact) mass is 157 g/mol. The Kier molecular flexibility index (Phi) is 2.88. The number of aliphatic hydroxyl groups excluding tert-OH is 1. The van der Waals surface area contributed by atoms with Crippen molar-refractivity contribution in [3.8, 4) is 0 Å². The van der Waals surface area contributed by atoms with Crippen LogP contribution in [0, 0.1) is 5.92 Å². The highest BCUT2D eigenvalue weighted by atomic mass is 16.3. The van der Waals surface area contributed by atoms with Gasteiger partial charge in [0.25, 0.3) is 0 Å². The molecular weight excluding hydrogens is 142 g/mol. The zero-order valence-corrected chi connectivity index (χ0v) is 6.84. The van der Waals surface area contributed by atoms with Gasteiger partial charge in [-0.2, -0.15) is 0 Å². The van der Waals surface area contributed by atoms with Crippen molar-refractivity contribution in [1.82, 2.24) is 5.32 Å². The molecule has 0 aromatic rings. The quantitative estimate of drug-likeness (QED) is 0.605. The van der Waals surface area contributed by atoms with E-state index in [1.54, 1.807) is 0 Å². The molecule has 0 heterocycles. The second-order valence-electron chi connectivity index (χ2n) is 3.27. The number of carbonyl (C=O) groups excluding carboxylic acids is 1. The minimum Gasteiger partial charge on any atom is -0.393 e. The number of carbonyl (C=O) groups is 1. The summed E-state index contributed by atoms with van der Waals surface area (Å²) in [5.41, 5.74) is 0. The van der Waals surface area contributed by atoms with Gasteiger partial charge in [0.2, 0.25) is 5.91 Å². The van der Waals surface area contributed by atoms with Crippen molar-refractivity contribution in [2.45, 2.75) is 32.3 Å². The molecule has 0 aromatic heterocycles. The highest BCUT2D eigenvalue weighted by Crippen LogP contribution is 2.24. The Labute approximate surface area is 66.8 Å². The molecule has 0 aromatic carbocycles. The van der Waals surface area contributed by atoms with Crippen molar-refractivity contribution in [2.75, 3.05) is 6.54 Å². The number of nitrogens with one attached hydrogen (secondary N) is 1. The minimum atomic E-state index is -0.131. The first-order chi connectivity index (χ1) is 5.18. The molecule has 1 fully saturated rings. The smallest absolute Gasteiger partial charge is 0.216 e. The molecule has 0 aliphatic heterocycles. The molecular formula is C8H15NO2. The molecule has 1 amide bonds. The highest BCUT2D eigenvalue weighted by Gasteiger charge is 2.22. The molecule has 0 radical (unpaired) electrons. The van der Waals surface area contributed by atoms with Crippen LogP contribution < -0.4 is 5.32 Å². The Morgan fingerprint density at radius 2 is 2.36 bits per heavy atom. The molecule has 0 saturated heterocycles. The Hall–Kier alpha value is -0.570. The normalized spacial score (nSPS) is 30.4. The number of amides is 1. The van der Waals surface area contributed by atoms with Crippen LogP contribution in [0.2, 0.25) is 0 Å². The first-order valence-electron chi connectivity index (χ1n) is 4.11. The molecule has 3 nitrogen and oxygen atoms in total. The SMILES string of the molecule is CC(=O)NCC1CCC(O)C1.